The van der Waals surface area contributed by atoms with Crippen LogP contribution in [0, 0.1) is 5.92 Å². The van der Waals surface area contributed by atoms with Gasteiger partial charge >= 0.3 is 5.97 Å². The van der Waals surface area contributed by atoms with Crippen molar-refractivity contribution in [1.29, 1.82) is 0 Å². The quantitative estimate of drug-likeness (QED) is 0.358. The van der Waals surface area contributed by atoms with Crippen molar-refractivity contribution in [3.8, 4) is 0 Å². The number of carbonyl (C=O) groups is 1. The number of ether oxygens (including phenoxy) is 1. The highest BCUT2D eigenvalue weighted by atomic mass is 28.4. The number of esters is 1. The first-order chi connectivity index (χ1) is 13.1. The Bertz CT molecular complexity index is 618. The third-order valence-corrected chi connectivity index (χ3v) is 11.0. The Morgan fingerprint density at radius 3 is 2.43 bits per heavy atom. The lowest BCUT2D eigenvalue weighted by molar-refractivity contribution is -0.142. The summed E-state index contributed by atoms with van der Waals surface area (Å²) in [6.45, 7) is 12.9. The van der Waals surface area contributed by atoms with Gasteiger partial charge in [-0.2, -0.15) is 0 Å². The highest BCUT2D eigenvalue weighted by molar-refractivity contribution is 6.74. The van der Waals surface area contributed by atoms with Gasteiger partial charge < -0.3 is 14.5 Å². The van der Waals surface area contributed by atoms with Crippen LogP contribution in [0.4, 0.5) is 5.69 Å². The molecule has 1 aromatic heterocycles. The van der Waals surface area contributed by atoms with Crippen LogP contribution in [0.1, 0.15) is 64.5 Å². The zero-order valence-electron chi connectivity index (χ0n) is 18.5. The maximum atomic E-state index is 11.4. The molecule has 0 aliphatic heterocycles. The van der Waals surface area contributed by atoms with Crippen molar-refractivity contribution in [3.05, 3.63) is 24.0 Å². The van der Waals surface area contributed by atoms with E-state index in [-0.39, 0.29) is 11.0 Å². The molecule has 0 spiro atoms. The smallest absolute Gasteiger partial charge is 0.305 e. The van der Waals surface area contributed by atoms with Crippen LogP contribution in [0.2, 0.25) is 18.1 Å². The van der Waals surface area contributed by atoms with Crippen LogP contribution in [0.15, 0.2) is 18.3 Å². The van der Waals surface area contributed by atoms with Gasteiger partial charge in [-0.05, 0) is 61.9 Å². The molecular formula is C22H38N2O3Si. The third kappa shape index (κ3) is 6.59. The SMILES string of the molecule is COC(=O)CC1CCC(c2ccc(NCCO[Si](C)(C)C(C)(C)C)cn2)CC1. The molecule has 1 aliphatic rings. The molecule has 0 bridgehead atoms. The van der Waals surface area contributed by atoms with Gasteiger partial charge in [-0.1, -0.05) is 20.8 Å². The molecule has 1 heterocycles. The van der Waals surface area contributed by atoms with Crippen LogP contribution in [-0.2, 0) is 14.0 Å². The first-order valence-corrected chi connectivity index (χ1v) is 13.4. The monoisotopic (exact) mass is 406 g/mol. The fourth-order valence-electron chi connectivity index (χ4n) is 3.45. The van der Waals surface area contributed by atoms with Crippen molar-refractivity contribution < 1.29 is 14.0 Å². The van der Waals surface area contributed by atoms with E-state index in [1.165, 1.54) is 12.8 Å². The zero-order chi connectivity index (χ0) is 20.8. The van der Waals surface area contributed by atoms with Crippen molar-refractivity contribution >= 4 is 20.0 Å². The normalized spacial score (nSPS) is 20.6. The molecular weight excluding hydrogens is 368 g/mol. The Kier molecular flexibility index (Phi) is 8.07. The number of anilines is 1. The summed E-state index contributed by atoms with van der Waals surface area (Å²) in [5.74, 6) is 0.880. The fourth-order valence-corrected chi connectivity index (χ4v) is 4.50. The van der Waals surface area contributed by atoms with E-state index in [4.69, 9.17) is 9.16 Å². The summed E-state index contributed by atoms with van der Waals surface area (Å²) in [5, 5.41) is 3.66. The minimum Gasteiger partial charge on any atom is -0.469 e. The topological polar surface area (TPSA) is 60.5 Å². The van der Waals surface area contributed by atoms with E-state index >= 15 is 0 Å². The average Bonchev–Trinajstić information content (AvgIpc) is 2.65. The Morgan fingerprint density at radius 2 is 1.89 bits per heavy atom. The van der Waals surface area contributed by atoms with Crippen LogP contribution < -0.4 is 5.32 Å². The number of carbonyl (C=O) groups excluding carboxylic acids is 1. The Morgan fingerprint density at radius 1 is 1.21 bits per heavy atom. The molecule has 2 rings (SSSR count). The van der Waals surface area contributed by atoms with Gasteiger partial charge in [0.1, 0.15) is 0 Å². The van der Waals surface area contributed by atoms with Crippen molar-refractivity contribution in [2.24, 2.45) is 5.92 Å². The number of rotatable bonds is 8. The van der Waals surface area contributed by atoms with Crippen LogP contribution >= 0.6 is 0 Å². The Hall–Kier alpha value is -1.40. The van der Waals surface area contributed by atoms with Gasteiger partial charge in [-0.3, -0.25) is 9.78 Å². The number of hydrogen-bond acceptors (Lipinski definition) is 5. The zero-order valence-corrected chi connectivity index (χ0v) is 19.5. The lowest BCUT2D eigenvalue weighted by Gasteiger charge is -2.36. The summed E-state index contributed by atoms with van der Waals surface area (Å²) in [7, 11) is -0.213. The van der Waals surface area contributed by atoms with E-state index in [1.807, 2.05) is 6.20 Å². The summed E-state index contributed by atoms with van der Waals surface area (Å²) in [4.78, 5) is 16.1. The number of pyridine rings is 1. The molecule has 0 radical (unpaired) electrons. The number of nitrogens with zero attached hydrogens (tertiary/aromatic N) is 1. The van der Waals surface area contributed by atoms with Crippen molar-refractivity contribution in [2.75, 3.05) is 25.6 Å². The summed E-state index contributed by atoms with van der Waals surface area (Å²) >= 11 is 0. The van der Waals surface area contributed by atoms with E-state index in [1.54, 1.807) is 0 Å². The maximum absolute atomic E-state index is 11.4. The third-order valence-electron chi connectivity index (χ3n) is 6.43. The van der Waals surface area contributed by atoms with Crippen LogP contribution in [0.5, 0.6) is 0 Å². The molecule has 0 saturated heterocycles. The molecule has 0 unspecified atom stereocenters. The maximum Gasteiger partial charge on any atom is 0.305 e. The van der Waals surface area contributed by atoms with E-state index in [2.05, 4.69) is 56.3 Å². The molecule has 6 heteroatoms. The van der Waals surface area contributed by atoms with Gasteiger partial charge in [-0.25, -0.2) is 0 Å². The highest BCUT2D eigenvalue weighted by Gasteiger charge is 2.36. The lowest BCUT2D eigenvalue weighted by Crippen LogP contribution is -2.41. The first kappa shape index (κ1) is 22.9. The first-order valence-electron chi connectivity index (χ1n) is 10.5. The Balaban J connectivity index is 1.74. The van der Waals surface area contributed by atoms with Gasteiger partial charge in [0.05, 0.1) is 25.6 Å². The van der Waals surface area contributed by atoms with Crippen molar-refractivity contribution in [3.63, 3.8) is 0 Å². The minimum atomic E-state index is -1.68. The van der Waals surface area contributed by atoms with Gasteiger partial charge in [0.2, 0.25) is 0 Å². The lowest BCUT2D eigenvalue weighted by atomic mass is 9.79. The number of nitrogens with one attached hydrogen (secondary N) is 1. The second-order valence-corrected chi connectivity index (χ2v) is 14.3. The van der Waals surface area contributed by atoms with Crippen LogP contribution in [-0.4, -0.2) is 39.5 Å². The molecule has 1 aromatic rings. The van der Waals surface area contributed by atoms with Crippen LogP contribution in [0.3, 0.4) is 0 Å². The number of aromatic nitrogens is 1. The summed E-state index contributed by atoms with van der Waals surface area (Å²) in [5.41, 5.74) is 2.21. The van der Waals surface area contributed by atoms with Gasteiger partial charge in [0.25, 0.3) is 0 Å². The molecule has 1 saturated carbocycles. The second-order valence-electron chi connectivity index (χ2n) is 9.51. The molecule has 0 aromatic carbocycles. The van der Waals surface area contributed by atoms with E-state index < -0.39 is 8.32 Å². The standard InChI is InChI=1S/C22H38N2O3Si/c1-22(2,3)28(5,6)27-14-13-23-19-11-12-20(24-16-19)18-9-7-17(8-10-18)15-21(25)26-4/h11-12,16-18,23H,7-10,13-15H2,1-6H3. The van der Waals surface area contributed by atoms with Crippen molar-refractivity contribution in [2.45, 2.75) is 76.9 Å². The second kappa shape index (κ2) is 9.88. The van der Waals surface area contributed by atoms with Gasteiger partial charge in [0.15, 0.2) is 8.32 Å². The molecule has 1 aliphatic carbocycles. The highest BCUT2D eigenvalue weighted by Crippen LogP contribution is 2.37. The minimum absolute atomic E-state index is 0.0884. The van der Waals surface area contributed by atoms with E-state index in [0.29, 0.717) is 18.3 Å². The average molecular weight is 407 g/mol. The van der Waals surface area contributed by atoms with E-state index in [0.717, 1.165) is 44.5 Å². The Labute approximate surface area is 171 Å². The molecule has 1 fully saturated rings. The van der Waals surface area contributed by atoms with E-state index in [9.17, 15) is 4.79 Å². The molecule has 0 amide bonds. The number of hydrogen-bond donors (Lipinski definition) is 1. The molecule has 158 valence electrons. The fraction of sp³-hybridized carbons (Fsp3) is 0.727. The molecule has 1 N–H and O–H groups in total. The molecule has 0 atom stereocenters. The van der Waals surface area contributed by atoms with Crippen molar-refractivity contribution in [1.82, 2.24) is 4.98 Å². The molecule has 5 nitrogen and oxygen atoms in total. The summed E-state index contributed by atoms with van der Waals surface area (Å²) in [6, 6.07) is 4.26. The van der Waals surface area contributed by atoms with Crippen LogP contribution in [0.25, 0.3) is 0 Å². The molecule has 28 heavy (non-hydrogen) atoms. The van der Waals surface area contributed by atoms with Gasteiger partial charge in [0, 0.05) is 24.6 Å². The number of methoxy groups -OCH3 is 1. The summed E-state index contributed by atoms with van der Waals surface area (Å²) in [6.07, 6.45) is 6.83. The predicted octanol–water partition coefficient (Wildman–Crippen LogP) is 5.35. The predicted molar refractivity (Wildman–Crippen MR) is 117 cm³/mol. The largest absolute Gasteiger partial charge is 0.469 e. The van der Waals surface area contributed by atoms with Gasteiger partial charge in [-0.15, -0.1) is 0 Å². The summed E-state index contributed by atoms with van der Waals surface area (Å²) < 4.78 is 11.0.